The third kappa shape index (κ3) is 1.76. The first kappa shape index (κ1) is 11.3. The molecule has 0 fully saturated rings. The van der Waals surface area contributed by atoms with Gasteiger partial charge in [-0.1, -0.05) is 0 Å². The number of carbonyl (C=O) groups is 2. The Bertz CT molecular complexity index is 574. The lowest BCUT2D eigenvalue weighted by molar-refractivity contribution is 0.0601. The van der Waals surface area contributed by atoms with Crippen molar-refractivity contribution in [3.63, 3.8) is 0 Å². The summed E-state index contributed by atoms with van der Waals surface area (Å²) in [6.07, 6.45) is 0.798. The minimum absolute atomic E-state index is 0.382. The highest BCUT2D eigenvalue weighted by molar-refractivity contribution is 9.10. The lowest BCUT2D eigenvalue weighted by Crippen LogP contribution is -2.00. The van der Waals surface area contributed by atoms with E-state index in [-0.39, 0.29) is 5.97 Å². The number of thiophene rings is 1. The minimum Gasteiger partial charge on any atom is -0.465 e. The molecule has 0 saturated carbocycles. The quantitative estimate of drug-likeness (QED) is 0.631. The molecule has 16 heavy (non-hydrogen) atoms. The summed E-state index contributed by atoms with van der Waals surface area (Å²) in [6, 6.07) is 5.21. The summed E-state index contributed by atoms with van der Waals surface area (Å²) in [5.74, 6) is -0.382. The standard InChI is InChI=1S/C11H7BrO3S/c1-15-11(14)6-2-3-8-7(4-6)10(12)9(5-13)16-8/h2-5H,1H3. The second kappa shape index (κ2) is 4.35. The van der Waals surface area contributed by atoms with Crippen LogP contribution in [0.15, 0.2) is 22.7 Å². The van der Waals surface area contributed by atoms with Crippen LogP contribution in [-0.4, -0.2) is 19.4 Å². The number of halogens is 1. The average molecular weight is 299 g/mol. The lowest BCUT2D eigenvalue weighted by Gasteiger charge is -1.98. The van der Waals surface area contributed by atoms with E-state index in [1.54, 1.807) is 12.1 Å². The Labute approximate surface area is 104 Å². The van der Waals surface area contributed by atoms with Crippen LogP contribution in [-0.2, 0) is 4.74 Å². The van der Waals surface area contributed by atoms with Gasteiger partial charge in [-0.05, 0) is 34.1 Å². The van der Waals surface area contributed by atoms with Gasteiger partial charge in [0.15, 0.2) is 6.29 Å². The molecule has 1 aromatic carbocycles. The number of methoxy groups -OCH3 is 1. The first-order valence-electron chi connectivity index (χ1n) is 4.43. The molecular formula is C11H7BrO3S. The van der Waals surface area contributed by atoms with Crippen molar-refractivity contribution in [1.29, 1.82) is 0 Å². The van der Waals surface area contributed by atoms with E-state index in [9.17, 15) is 9.59 Å². The van der Waals surface area contributed by atoms with Crippen LogP contribution in [0.25, 0.3) is 10.1 Å². The predicted molar refractivity (Wildman–Crippen MR) is 66.3 cm³/mol. The van der Waals surface area contributed by atoms with Gasteiger partial charge < -0.3 is 4.74 Å². The first-order valence-corrected chi connectivity index (χ1v) is 6.04. The number of hydrogen-bond acceptors (Lipinski definition) is 4. The van der Waals surface area contributed by atoms with Crippen LogP contribution >= 0.6 is 27.3 Å². The number of benzene rings is 1. The Hall–Kier alpha value is -1.20. The molecule has 0 aliphatic rings. The second-order valence-corrected chi connectivity index (χ2v) is 4.98. The molecule has 1 heterocycles. The maximum Gasteiger partial charge on any atom is 0.337 e. The van der Waals surface area contributed by atoms with Gasteiger partial charge in [-0.25, -0.2) is 4.79 Å². The van der Waals surface area contributed by atoms with Gasteiger partial charge in [-0.3, -0.25) is 4.79 Å². The highest BCUT2D eigenvalue weighted by atomic mass is 79.9. The fourth-order valence-electron chi connectivity index (χ4n) is 1.41. The molecule has 0 amide bonds. The number of carbonyl (C=O) groups excluding carboxylic acids is 2. The maximum absolute atomic E-state index is 11.3. The van der Waals surface area contributed by atoms with Crippen LogP contribution < -0.4 is 0 Å². The zero-order chi connectivity index (χ0) is 11.7. The summed E-state index contributed by atoms with van der Waals surface area (Å²) in [5.41, 5.74) is 0.478. The zero-order valence-corrected chi connectivity index (χ0v) is 10.7. The van der Waals surface area contributed by atoms with Gasteiger partial charge in [-0.15, -0.1) is 11.3 Å². The molecule has 5 heteroatoms. The van der Waals surface area contributed by atoms with Crippen molar-refractivity contribution >= 4 is 49.6 Å². The van der Waals surface area contributed by atoms with Crippen LogP contribution in [0.1, 0.15) is 20.0 Å². The average Bonchev–Trinajstić information content (AvgIpc) is 2.64. The molecular weight excluding hydrogens is 292 g/mol. The first-order chi connectivity index (χ1) is 7.67. The number of ether oxygens (including phenoxy) is 1. The van der Waals surface area contributed by atoms with Crippen LogP contribution in [0.5, 0.6) is 0 Å². The predicted octanol–water partition coefficient (Wildman–Crippen LogP) is 3.26. The molecule has 0 spiro atoms. The molecule has 0 atom stereocenters. The van der Waals surface area contributed by atoms with Crippen LogP contribution in [0.2, 0.25) is 0 Å². The summed E-state index contributed by atoms with van der Waals surface area (Å²) < 4.78 is 6.33. The number of aldehydes is 1. The molecule has 0 saturated heterocycles. The van der Waals surface area contributed by atoms with Gasteiger partial charge in [0.05, 0.1) is 17.6 Å². The molecule has 2 aromatic rings. The van der Waals surface area contributed by atoms with Crippen molar-refractivity contribution in [3.05, 3.63) is 33.1 Å². The van der Waals surface area contributed by atoms with E-state index in [1.165, 1.54) is 18.4 Å². The van der Waals surface area contributed by atoms with Crippen molar-refractivity contribution in [1.82, 2.24) is 0 Å². The Balaban J connectivity index is 2.65. The van der Waals surface area contributed by atoms with Gasteiger partial charge in [0, 0.05) is 14.6 Å². The molecule has 0 unspecified atom stereocenters. The summed E-state index contributed by atoms with van der Waals surface area (Å²) in [7, 11) is 1.34. The second-order valence-electron chi connectivity index (χ2n) is 3.10. The molecule has 0 radical (unpaired) electrons. The van der Waals surface area contributed by atoms with E-state index in [1.807, 2.05) is 6.07 Å². The SMILES string of the molecule is COC(=O)c1ccc2sc(C=O)c(Br)c2c1. The smallest absolute Gasteiger partial charge is 0.337 e. The van der Waals surface area contributed by atoms with Crippen LogP contribution in [0.3, 0.4) is 0 Å². The monoisotopic (exact) mass is 298 g/mol. The Kier molecular flexibility index (Phi) is 3.07. The molecule has 2 rings (SSSR count). The number of hydrogen-bond donors (Lipinski definition) is 0. The van der Waals surface area contributed by atoms with E-state index in [0.717, 1.165) is 20.8 Å². The van der Waals surface area contributed by atoms with Crippen molar-refractivity contribution in [2.24, 2.45) is 0 Å². The summed E-state index contributed by atoms with van der Waals surface area (Å²) in [5, 5.41) is 0.856. The molecule has 0 N–H and O–H groups in total. The largest absolute Gasteiger partial charge is 0.465 e. The van der Waals surface area contributed by atoms with E-state index in [2.05, 4.69) is 20.7 Å². The van der Waals surface area contributed by atoms with Gasteiger partial charge in [0.2, 0.25) is 0 Å². The summed E-state index contributed by atoms with van der Waals surface area (Å²) >= 11 is 4.73. The third-order valence-electron chi connectivity index (χ3n) is 2.18. The number of esters is 1. The van der Waals surface area contributed by atoms with Crippen molar-refractivity contribution in [2.45, 2.75) is 0 Å². The molecule has 82 valence electrons. The van der Waals surface area contributed by atoms with Crippen LogP contribution in [0.4, 0.5) is 0 Å². The van der Waals surface area contributed by atoms with Crippen LogP contribution in [0, 0.1) is 0 Å². The van der Waals surface area contributed by atoms with E-state index >= 15 is 0 Å². The van der Waals surface area contributed by atoms with Gasteiger partial charge in [0.1, 0.15) is 0 Å². The van der Waals surface area contributed by atoms with Crippen molar-refractivity contribution < 1.29 is 14.3 Å². The topological polar surface area (TPSA) is 43.4 Å². The minimum atomic E-state index is -0.382. The van der Waals surface area contributed by atoms with E-state index in [4.69, 9.17) is 0 Å². The Morgan fingerprint density at radius 1 is 1.50 bits per heavy atom. The molecule has 0 aliphatic carbocycles. The Morgan fingerprint density at radius 3 is 2.88 bits per heavy atom. The molecule has 3 nitrogen and oxygen atoms in total. The zero-order valence-electron chi connectivity index (χ0n) is 8.32. The fourth-order valence-corrected chi connectivity index (χ4v) is 3.09. The third-order valence-corrected chi connectivity index (χ3v) is 4.39. The molecule has 1 aromatic heterocycles. The lowest BCUT2D eigenvalue weighted by atomic mass is 10.1. The number of fused-ring (bicyclic) bond motifs is 1. The number of rotatable bonds is 2. The fraction of sp³-hybridized carbons (Fsp3) is 0.0909. The van der Waals surface area contributed by atoms with E-state index < -0.39 is 0 Å². The van der Waals surface area contributed by atoms with Crippen molar-refractivity contribution in [3.8, 4) is 0 Å². The van der Waals surface area contributed by atoms with E-state index in [0.29, 0.717) is 10.4 Å². The van der Waals surface area contributed by atoms with Gasteiger partial charge >= 0.3 is 5.97 Å². The summed E-state index contributed by atoms with van der Waals surface area (Å²) in [6.45, 7) is 0. The molecule has 0 bridgehead atoms. The Morgan fingerprint density at radius 2 is 2.25 bits per heavy atom. The summed E-state index contributed by atoms with van der Waals surface area (Å²) in [4.78, 5) is 22.7. The van der Waals surface area contributed by atoms with Crippen molar-refractivity contribution in [2.75, 3.05) is 7.11 Å². The maximum atomic E-state index is 11.3. The normalized spacial score (nSPS) is 10.4. The molecule has 0 aliphatic heterocycles. The van der Waals surface area contributed by atoms with Gasteiger partial charge in [0.25, 0.3) is 0 Å². The van der Waals surface area contributed by atoms with Gasteiger partial charge in [-0.2, -0.15) is 0 Å². The highest BCUT2D eigenvalue weighted by Gasteiger charge is 2.12. The highest BCUT2D eigenvalue weighted by Crippen LogP contribution is 2.35.